The van der Waals surface area contributed by atoms with Gasteiger partial charge in [0.1, 0.15) is 11.9 Å². The molecular formula is C29H36ClN7O4. The van der Waals surface area contributed by atoms with Gasteiger partial charge in [-0.2, -0.15) is 5.26 Å². The number of anilines is 3. The third-order valence-corrected chi connectivity index (χ3v) is 7.58. The molecule has 218 valence electrons. The number of pyridine rings is 2. The van der Waals surface area contributed by atoms with Crippen molar-refractivity contribution < 1.29 is 14.6 Å². The number of aliphatic hydroxyl groups is 1. The number of amides is 1. The average Bonchev–Trinajstić information content (AvgIpc) is 2.94. The minimum atomic E-state index is -0.417. The van der Waals surface area contributed by atoms with Gasteiger partial charge >= 0.3 is 0 Å². The van der Waals surface area contributed by atoms with Crippen molar-refractivity contribution in [2.24, 2.45) is 11.8 Å². The second kappa shape index (κ2) is 12.8. The maximum atomic E-state index is 13.2. The Balaban J connectivity index is 1.72. The summed E-state index contributed by atoms with van der Waals surface area (Å²) >= 11 is 6.55. The van der Waals surface area contributed by atoms with E-state index in [1.54, 1.807) is 16.7 Å². The number of aliphatic hydroxyl groups excluding tert-OH is 1. The Hall–Kier alpha value is -3.85. The number of rotatable bonds is 9. The second-order valence-electron chi connectivity index (χ2n) is 10.8. The maximum absolute atomic E-state index is 13.2. The molecule has 3 N–H and O–H groups in total. The first kappa shape index (κ1) is 30.1. The average molecular weight is 582 g/mol. The lowest BCUT2D eigenvalue weighted by molar-refractivity contribution is -0.122. The number of nitriles is 1. The van der Waals surface area contributed by atoms with Crippen molar-refractivity contribution in [3.63, 3.8) is 0 Å². The minimum absolute atomic E-state index is 0.0181. The summed E-state index contributed by atoms with van der Waals surface area (Å²) in [4.78, 5) is 33.7. The van der Waals surface area contributed by atoms with Crippen LogP contribution in [0.15, 0.2) is 35.1 Å². The summed E-state index contributed by atoms with van der Waals surface area (Å²) in [5.41, 5.74) is 1.41. The summed E-state index contributed by atoms with van der Waals surface area (Å²) in [6.07, 6.45) is -0.417. The van der Waals surface area contributed by atoms with Crippen LogP contribution in [0.3, 0.4) is 0 Å². The number of carbonyl (C=O) groups excluding carboxylic acids is 1. The van der Waals surface area contributed by atoms with Crippen molar-refractivity contribution in [1.29, 1.82) is 5.26 Å². The van der Waals surface area contributed by atoms with Crippen LogP contribution in [-0.2, 0) is 11.3 Å². The summed E-state index contributed by atoms with van der Waals surface area (Å²) in [6, 6.07) is 10.9. The number of likely N-dealkylation sites (N-methyl/N-ethyl adjacent to an activating group) is 2. The van der Waals surface area contributed by atoms with Gasteiger partial charge in [-0.25, -0.2) is 4.98 Å². The highest BCUT2D eigenvalue weighted by atomic mass is 35.5. The molecule has 12 heteroatoms. The number of hydrogen-bond acceptors (Lipinski definition) is 9. The third kappa shape index (κ3) is 6.73. The molecule has 0 spiro atoms. The molecule has 11 nitrogen and oxygen atoms in total. The van der Waals surface area contributed by atoms with Gasteiger partial charge in [-0.15, -0.1) is 0 Å². The Kier molecular flexibility index (Phi) is 9.38. The van der Waals surface area contributed by atoms with Gasteiger partial charge in [0.25, 0.3) is 11.5 Å². The van der Waals surface area contributed by atoms with Crippen molar-refractivity contribution in [2.75, 3.05) is 57.6 Å². The Morgan fingerprint density at radius 1 is 1.24 bits per heavy atom. The molecule has 2 unspecified atom stereocenters. The number of carbonyl (C=O) groups is 1. The van der Waals surface area contributed by atoms with Crippen LogP contribution in [0.2, 0.25) is 5.02 Å². The molecule has 1 fully saturated rings. The first-order valence-electron chi connectivity index (χ1n) is 13.5. The molecule has 3 heterocycles. The van der Waals surface area contributed by atoms with Gasteiger partial charge in [-0.05, 0) is 56.3 Å². The van der Waals surface area contributed by atoms with E-state index in [-0.39, 0.29) is 40.7 Å². The predicted molar refractivity (Wildman–Crippen MR) is 160 cm³/mol. The van der Waals surface area contributed by atoms with Crippen molar-refractivity contribution in [2.45, 2.75) is 26.5 Å². The van der Waals surface area contributed by atoms with Crippen LogP contribution >= 0.6 is 11.6 Å². The molecule has 1 aliphatic heterocycles. The molecule has 3 aromatic rings. The van der Waals surface area contributed by atoms with Gasteiger partial charge in [0.2, 0.25) is 0 Å². The fraction of sp³-hybridized carbons (Fsp3) is 0.448. The topological polar surface area (TPSA) is 136 Å². The normalized spacial score (nSPS) is 18.8. The molecule has 1 aliphatic rings. The highest BCUT2D eigenvalue weighted by Gasteiger charge is 2.32. The summed E-state index contributed by atoms with van der Waals surface area (Å²) in [5, 5.41) is 27.0. The van der Waals surface area contributed by atoms with Gasteiger partial charge in [0.15, 0.2) is 18.2 Å². The number of aromatic nitrogens is 2. The predicted octanol–water partition coefficient (Wildman–Crippen LogP) is 2.80. The molecule has 0 saturated carbocycles. The molecule has 2 atom stereocenters. The van der Waals surface area contributed by atoms with Crippen LogP contribution in [0, 0.1) is 23.2 Å². The third-order valence-electron chi connectivity index (χ3n) is 7.29. The van der Waals surface area contributed by atoms with Gasteiger partial charge in [0.05, 0.1) is 22.2 Å². The number of benzene rings is 1. The SMILES string of the molecule is CNC(=O)COc1cc2cc(Nc3nc(N4CC(C)C(O)C(C)C4)c(C#N)cc3Cl)ccc2n(CCN(C)C)c1=O. The number of ether oxygens (including phenoxy) is 1. The zero-order chi connectivity index (χ0) is 29.8. The van der Waals surface area contributed by atoms with Crippen LogP contribution in [0.4, 0.5) is 17.3 Å². The summed E-state index contributed by atoms with van der Waals surface area (Å²) in [7, 11) is 5.36. The standard InChI is InChI=1S/C29H36ClN7O4/c1-17-14-36(15-18(2)26(17)39)28-20(13-31)11-22(30)27(34-28)33-21-6-7-23-19(10-21)12-24(41-16-25(38)32-3)29(40)37(23)9-8-35(4)5/h6-7,10-12,17-18,26,39H,8-9,14-16H2,1-5H3,(H,32,38)(H,33,34). The minimum Gasteiger partial charge on any atom is -0.478 e. The number of hydrogen-bond donors (Lipinski definition) is 3. The zero-order valence-corrected chi connectivity index (χ0v) is 24.7. The van der Waals surface area contributed by atoms with E-state index in [4.69, 9.17) is 21.3 Å². The van der Waals surface area contributed by atoms with E-state index in [1.165, 1.54) is 7.05 Å². The van der Waals surface area contributed by atoms with Crippen LogP contribution in [-0.4, -0.2) is 79.0 Å². The highest BCUT2D eigenvalue weighted by molar-refractivity contribution is 6.33. The van der Waals surface area contributed by atoms with E-state index < -0.39 is 6.10 Å². The van der Waals surface area contributed by atoms with Gasteiger partial charge in [0, 0.05) is 44.3 Å². The quantitative estimate of drug-likeness (QED) is 0.348. The van der Waals surface area contributed by atoms with E-state index in [0.29, 0.717) is 54.6 Å². The fourth-order valence-electron chi connectivity index (χ4n) is 5.03. The Morgan fingerprint density at radius 2 is 1.95 bits per heavy atom. The summed E-state index contributed by atoms with van der Waals surface area (Å²) < 4.78 is 7.22. The van der Waals surface area contributed by atoms with Crippen LogP contribution in [0.5, 0.6) is 5.75 Å². The molecule has 1 aromatic carbocycles. The van der Waals surface area contributed by atoms with Gasteiger partial charge in [-0.3, -0.25) is 9.59 Å². The van der Waals surface area contributed by atoms with Crippen molar-refractivity contribution in [3.05, 3.63) is 51.3 Å². The monoisotopic (exact) mass is 581 g/mol. The van der Waals surface area contributed by atoms with Crippen molar-refractivity contribution in [1.82, 2.24) is 19.8 Å². The van der Waals surface area contributed by atoms with Gasteiger partial charge < -0.3 is 34.8 Å². The first-order chi connectivity index (χ1) is 19.5. The van der Waals surface area contributed by atoms with Crippen LogP contribution in [0.25, 0.3) is 10.9 Å². The van der Waals surface area contributed by atoms with Crippen molar-refractivity contribution in [3.8, 4) is 11.8 Å². The summed E-state index contributed by atoms with van der Waals surface area (Å²) in [6.45, 7) is 5.87. The number of piperidine rings is 1. The van der Waals surface area contributed by atoms with Crippen molar-refractivity contribution >= 4 is 45.7 Å². The highest BCUT2D eigenvalue weighted by Crippen LogP contribution is 2.34. The molecule has 2 aromatic heterocycles. The van der Waals surface area contributed by atoms with E-state index in [0.717, 1.165) is 5.39 Å². The molecule has 1 amide bonds. The first-order valence-corrected chi connectivity index (χ1v) is 13.9. The fourth-order valence-corrected chi connectivity index (χ4v) is 5.22. The molecule has 0 radical (unpaired) electrons. The molecule has 4 rings (SSSR count). The molecule has 41 heavy (non-hydrogen) atoms. The largest absolute Gasteiger partial charge is 0.478 e. The number of halogens is 1. The second-order valence-corrected chi connectivity index (χ2v) is 11.2. The van der Waals surface area contributed by atoms with E-state index in [2.05, 4.69) is 16.7 Å². The molecule has 0 aliphatic carbocycles. The summed E-state index contributed by atoms with van der Waals surface area (Å²) in [5.74, 6) is 0.652. The van der Waals surface area contributed by atoms with Crippen LogP contribution in [0.1, 0.15) is 19.4 Å². The lowest BCUT2D eigenvalue weighted by Gasteiger charge is -2.39. The molecule has 1 saturated heterocycles. The lowest BCUT2D eigenvalue weighted by Crippen LogP contribution is -2.48. The van der Waals surface area contributed by atoms with E-state index >= 15 is 0 Å². The number of fused-ring (bicyclic) bond motifs is 1. The van der Waals surface area contributed by atoms with Crippen LogP contribution < -0.4 is 25.8 Å². The Labute approximate surface area is 244 Å². The molecule has 0 bridgehead atoms. The van der Waals surface area contributed by atoms with E-state index in [1.807, 2.05) is 55.9 Å². The lowest BCUT2D eigenvalue weighted by atomic mass is 9.88. The smallest absolute Gasteiger partial charge is 0.293 e. The van der Waals surface area contributed by atoms with E-state index in [9.17, 15) is 20.0 Å². The zero-order valence-electron chi connectivity index (χ0n) is 23.9. The Morgan fingerprint density at radius 3 is 2.59 bits per heavy atom. The maximum Gasteiger partial charge on any atom is 0.293 e. The number of nitrogens with zero attached hydrogens (tertiary/aromatic N) is 5. The number of nitrogens with one attached hydrogen (secondary N) is 2. The Bertz CT molecular complexity index is 1520. The van der Waals surface area contributed by atoms with Gasteiger partial charge in [-0.1, -0.05) is 25.4 Å². The molecular weight excluding hydrogens is 546 g/mol.